The van der Waals surface area contributed by atoms with Crippen LogP contribution in [0.4, 0.5) is 17.1 Å². The lowest BCUT2D eigenvalue weighted by atomic mass is 9.95. The topological polar surface area (TPSA) is 16.4 Å². The predicted molar refractivity (Wildman–Crippen MR) is 245 cm³/mol. The van der Waals surface area contributed by atoms with Crippen LogP contribution in [0.5, 0.6) is 0 Å². The summed E-state index contributed by atoms with van der Waals surface area (Å²) in [5, 5.41) is 7.23. The molecule has 1 heterocycles. The lowest BCUT2D eigenvalue weighted by Crippen LogP contribution is -2.11. The van der Waals surface area contributed by atoms with E-state index in [1.807, 2.05) is 12.1 Å². The second kappa shape index (κ2) is 14.1. The number of furan rings is 1. The maximum Gasteiger partial charge on any atom is 0.136 e. The summed E-state index contributed by atoms with van der Waals surface area (Å²) < 4.78 is 6.37. The first kappa shape index (κ1) is 33.6. The van der Waals surface area contributed by atoms with Crippen molar-refractivity contribution in [2.75, 3.05) is 4.90 Å². The average molecular weight is 740 g/mol. The fourth-order valence-corrected chi connectivity index (χ4v) is 8.64. The van der Waals surface area contributed by atoms with E-state index in [4.69, 9.17) is 4.42 Å². The lowest BCUT2D eigenvalue weighted by molar-refractivity contribution is 0.669. The molecular formula is C56H37NO. The molecular weight excluding hydrogens is 703 g/mol. The Bertz CT molecular complexity index is 3280. The molecule has 0 bridgehead atoms. The normalized spacial score (nSPS) is 11.4. The molecule has 0 fully saturated rings. The van der Waals surface area contributed by atoms with Gasteiger partial charge >= 0.3 is 0 Å². The van der Waals surface area contributed by atoms with E-state index in [1.54, 1.807) is 0 Å². The summed E-state index contributed by atoms with van der Waals surface area (Å²) in [5.74, 6) is 0. The van der Waals surface area contributed by atoms with Crippen molar-refractivity contribution in [3.63, 3.8) is 0 Å². The number of nitrogens with zero attached hydrogens (tertiary/aromatic N) is 1. The second-order valence-electron chi connectivity index (χ2n) is 14.9. The van der Waals surface area contributed by atoms with Gasteiger partial charge in [0.05, 0.1) is 5.69 Å². The third-order valence-electron chi connectivity index (χ3n) is 11.5. The van der Waals surface area contributed by atoms with E-state index < -0.39 is 0 Å². The summed E-state index contributed by atoms with van der Waals surface area (Å²) in [6.45, 7) is 0. The minimum atomic E-state index is 0.884. The number of rotatable bonds is 7. The number of fused-ring (bicyclic) bond motifs is 5. The monoisotopic (exact) mass is 739 g/mol. The predicted octanol–water partition coefficient (Wildman–Crippen LogP) is 16.0. The van der Waals surface area contributed by atoms with Crippen LogP contribution >= 0.6 is 0 Å². The van der Waals surface area contributed by atoms with Crippen molar-refractivity contribution in [3.8, 4) is 44.5 Å². The van der Waals surface area contributed by atoms with Gasteiger partial charge in [-0.25, -0.2) is 0 Å². The molecule has 0 saturated carbocycles. The first-order chi connectivity index (χ1) is 28.7. The van der Waals surface area contributed by atoms with Gasteiger partial charge in [-0.15, -0.1) is 0 Å². The Morgan fingerprint density at radius 2 is 0.828 bits per heavy atom. The van der Waals surface area contributed by atoms with Crippen molar-refractivity contribution in [1.82, 2.24) is 0 Å². The van der Waals surface area contributed by atoms with Gasteiger partial charge in [0.15, 0.2) is 0 Å². The van der Waals surface area contributed by atoms with Gasteiger partial charge in [-0.3, -0.25) is 0 Å². The number of benzene rings is 10. The molecule has 11 aromatic rings. The standard InChI is InChI=1S/C56H37NO/c1-2-14-42-37-45(27-26-38(42)12-1)44-17-9-16-43(36-44)39-28-32-46(33-29-39)57(47-34-30-41(31-35-47)49-21-10-15-40-13-3-4-18-48(40)49)53-23-7-5-19-50(53)51-22-11-25-55-56(51)52-20-6-8-24-54(52)58-55/h1-37H. The van der Waals surface area contributed by atoms with E-state index >= 15 is 0 Å². The number of hydrogen-bond donors (Lipinski definition) is 0. The van der Waals surface area contributed by atoms with Crippen molar-refractivity contribution in [3.05, 3.63) is 224 Å². The van der Waals surface area contributed by atoms with Crippen LogP contribution in [0, 0.1) is 0 Å². The Labute approximate surface area is 337 Å². The van der Waals surface area contributed by atoms with Crippen LogP contribution < -0.4 is 4.90 Å². The summed E-state index contributed by atoms with van der Waals surface area (Å²) in [6, 6.07) is 80.7. The minimum Gasteiger partial charge on any atom is -0.456 e. The second-order valence-corrected chi connectivity index (χ2v) is 14.9. The van der Waals surface area contributed by atoms with Gasteiger partial charge in [-0.2, -0.15) is 0 Å². The summed E-state index contributed by atoms with van der Waals surface area (Å²) in [7, 11) is 0. The highest BCUT2D eigenvalue weighted by atomic mass is 16.3. The van der Waals surface area contributed by atoms with Crippen LogP contribution in [0.25, 0.3) is 88.0 Å². The Kier molecular flexibility index (Phi) is 8.19. The summed E-state index contributed by atoms with van der Waals surface area (Å²) >= 11 is 0. The Morgan fingerprint density at radius 3 is 1.66 bits per heavy atom. The van der Waals surface area contributed by atoms with Crippen LogP contribution in [0.1, 0.15) is 0 Å². The third kappa shape index (κ3) is 5.91. The Balaban J connectivity index is 1.03. The molecule has 0 aliphatic rings. The summed E-state index contributed by atoms with van der Waals surface area (Å²) in [6.07, 6.45) is 0. The van der Waals surface area contributed by atoms with Gasteiger partial charge in [0, 0.05) is 27.7 Å². The van der Waals surface area contributed by atoms with Gasteiger partial charge < -0.3 is 9.32 Å². The molecule has 2 nitrogen and oxygen atoms in total. The third-order valence-corrected chi connectivity index (χ3v) is 11.5. The molecule has 2 heteroatoms. The average Bonchev–Trinajstić information content (AvgIpc) is 3.69. The number of anilines is 3. The van der Waals surface area contributed by atoms with Crippen LogP contribution in [-0.2, 0) is 0 Å². The van der Waals surface area contributed by atoms with Crippen LogP contribution in [0.3, 0.4) is 0 Å². The first-order valence-corrected chi connectivity index (χ1v) is 19.8. The Morgan fingerprint density at radius 1 is 0.293 bits per heavy atom. The molecule has 0 radical (unpaired) electrons. The Hall–Kier alpha value is -7.68. The molecule has 272 valence electrons. The van der Waals surface area contributed by atoms with Crippen molar-refractivity contribution in [1.29, 1.82) is 0 Å². The quantitative estimate of drug-likeness (QED) is 0.162. The van der Waals surface area contributed by atoms with Crippen LogP contribution in [-0.4, -0.2) is 0 Å². The van der Waals surface area contributed by atoms with Gasteiger partial charge in [0.1, 0.15) is 11.2 Å². The fourth-order valence-electron chi connectivity index (χ4n) is 8.64. The van der Waals surface area contributed by atoms with E-state index in [2.05, 4.69) is 217 Å². The molecule has 0 atom stereocenters. The van der Waals surface area contributed by atoms with Crippen molar-refractivity contribution in [2.24, 2.45) is 0 Å². The smallest absolute Gasteiger partial charge is 0.136 e. The molecule has 1 aromatic heterocycles. The molecule has 0 N–H and O–H groups in total. The maximum absolute atomic E-state index is 6.37. The maximum atomic E-state index is 6.37. The van der Waals surface area contributed by atoms with Crippen LogP contribution in [0.2, 0.25) is 0 Å². The van der Waals surface area contributed by atoms with Gasteiger partial charge in [-0.1, -0.05) is 170 Å². The first-order valence-electron chi connectivity index (χ1n) is 19.8. The molecule has 0 amide bonds. The van der Waals surface area contributed by atoms with E-state index in [1.165, 1.54) is 54.9 Å². The zero-order chi connectivity index (χ0) is 38.4. The van der Waals surface area contributed by atoms with Gasteiger partial charge in [0.25, 0.3) is 0 Å². The van der Waals surface area contributed by atoms with Crippen LogP contribution in [0.15, 0.2) is 229 Å². The molecule has 0 aliphatic heterocycles. The molecule has 11 rings (SSSR count). The van der Waals surface area contributed by atoms with E-state index in [-0.39, 0.29) is 0 Å². The molecule has 10 aromatic carbocycles. The van der Waals surface area contributed by atoms with Crippen molar-refractivity contribution >= 4 is 60.5 Å². The van der Waals surface area contributed by atoms with Crippen molar-refractivity contribution in [2.45, 2.75) is 0 Å². The molecule has 0 aliphatic carbocycles. The SMILES string of the molecule is c1cc(-c2ccc(N(c3ccc(-c4cccc5ccccc45)cc3)c3ccccc3-c3cccc4oc5ccccc5c34)cc2)cc(-c2ccc3ccccc3c2)c1. The highest BCUT2D eigenvalue weighted by Crippen LogP contribution is 2.45. The van der Waals surface area contributed by atoms with Gasteiger partial charge in [-0.05, 0) is 115 Å². The molecule has 58 heavy (non-hydrogen) atoms. The zero-order valence-corrected chi connectivity index (χ0v) is 31.7. The number of hydrogen-bond acceptors (Lipinski definition) is 2. The van der Waals surface area contributed by atoms with Gasteiger partial charge in [0.2, 0.25) is 0 Å². The summed E-state index contributed by atoms with van der Waals surface area (Å²) in [4.78, 5) is 2.39. The molecule has 0 unspecified atom stereocenters. The fraction of sp³-hybridized carbons (Fsp3) is 0. The zero-order valence-electron chi connectivity index (χ0n) is 31.7. The largest absolute Gasteiger partial charge is 0.456 e. The highest BCUT2D eigenvalue weighted by Gasteiger charge is 2.20. The van der Waals surface area contributed by atoms with Crippen molar-refractivity contribution < 1.29 is 4.42 Å². The lowest BCUT2D eigenvalue weighted by Gasteiger charge is -2.28. The molecule has 0 saturated heterocycles. The van der Waals surface area contributed by atoms with E-state index in [0.717, 1.165) is 50.1 Å². The summed E-state index contributed by atoms with van der Waals surface area (Å²) in [5.41, 5.74) is 14.5. The highest BCUT2D eigenvalue weighted by molar-refractivity contribution is 6.14. The van der Waals surface area contributed by atoms with E-state index in [9.17, 15) is 0 Å². The number of para-hydroxylation sites is 2. The van der Waals surface area contributed by atoms with E-state index in [0.29, 0.717) is 0 Å². The minimum absolute atomic E-state index is 0.884. The molecule has 0 spiro atoms.